The van der Waals surface area contributed by atoms with Gasteiger partial charge in [-0.1, -0.05) is 0 Å². The number of alkyl halides is 3. The maximum atomic E-state index is 12.7. The van der Waals surface area contributed by atoms with Crippen LogP contribution in [0.2, 0.25) is 0 Å². The van der Waals surface area contributed by atoms with Crippen LogP contribution in [-0.2, 0) is 6.18 Å². The Bertz CT molecular complexity index is 585. The summed E-state index contributed by atoms with van der Waals surface area (Å²) in [5.74, 6) is 0.382. The molecule has 1 aliphatic rings. The summed E-state index contributed by atoms with van der Waals surface area (Å²) in [6.07, 6.45) is -2.27. The molecule has 3 rings (SSSR count). The smallest absolute Gasteiger partial charge is 0.317 e. The van der Waals surface area contributed by atoms with Gasteiger partial charge < -0.3 is 5.32 Å². The summed E-state index contributed by atoms with van der Waals surface area (Å²) < 4.78 is 38.6. The second kappa shape index (κ2) is 4.76. The van der Waals surface area contributed by atoms with Crippen LogP contribution in [0.5, 0.6) is 0 Å². The van der Waals surface area contributed by atoms with Crippen molar-refractivity contribution in [1.82, 2.24) is 10.3 Å². The summed E-state index contributed by atoms with van der Waals surface area (Å²) >= 11 is 1.40. The summed E-state index contributed by atoms with van der Waals surface area (Å²) in [6, 6.07) is 3.78. The highest BCUT2D eigenvalue weighted by Gasteiger charge is 2.31. The summed E-state index contributed by atoms with van der Waals surface area (Å²) in [5.41, 5.74) is 0.0760. The Morgan fingerprint density at radius 3 is 2.63 bits per heavy atom. The van der Waals surface area contributed by atoms with Crippen molar-refractivity contribution in [2.75, 3.05) is 13.1 Å². The Morgan fingerprint density at radius 2 is 1.95 bits per heavy atom. The first-order chi connectivity index (χ1) is 9.04. The number of rotatable bonds is 1. The molecule has 0 unspecified atom stereocenters. The molecule has 0 atom stereocenters. The van der Waals surface area contributed by atoms with E-state index in [1.165, 1.54) is 23.5 Å². The molecular formula is C13H13F3N2S. The zero-order valence-corrected chi connectivity index (χ0v) is 10.9. The van der Waals surface area contributed by atoms with E-state index in [0.29, 0.717) is 16.1 Å². The van der Waals surface area contributed by atoms with E-state index in [9.17, 15) is 13.2 Å². The molecule has 0 radical (unpaired) electrons. The van der Waals surface area contributed by atoms with E-state index >= 15 is 0 Å². The first-order valence-electron chi connectivity index (χ1n) is 6.22. The summed E-state index contributed by atoms with van der Waals surface area (Å²) in [4.78, 5) is 4.48. The number of thiazole rings is 1. The van der Waals surface area contributed by atoms with E-state index in [-0.39, 0.29) is 0 Å². The van der Waals surface area contributed by atoms with Crippen molar-refractivity contribution in [2.24, 2.45) is 0 Å². The van der Waals surface area contributed by atoms with Gasteiger partial charge in [0, 0.05) is 5.92 Å². The lowest BCUT2D eigenvalue weighted by atomic mass is 9.99. The average molecular weight is 286 g/mol. The van der Waals surface area contributed by atoms with Gasteiger partial charge in [0.1, 0.15) is 0 Å². The minimum atomic E-state index is -4.28. The molecule has 2 heterocycles. The van der Waals surface area contributed by atoms with Crippen LogP contribution >= 0.6 is 11.3 Å². The van der Waals surface area contributed by atoms with Crippen molar-refractivity contribution in [3.8, 4) is 0 Å². The molecule has 1 aromatic heterocycles. The summed E-state index contributed by atoms with van der Waals surface area (Å²) in [6.45, 7) is 1.91. The number of piperidine rings is 1. The number of fused-ring (bicyclic) bond motifs is 1. The van der Waals surface area contributed by atoms with Gasteiger partial charge in [-0.3, -0.25) is 0 Å². The van der Waals surface area contributed by atoms with Crippen LogP contribution in [0.15, 0.2) is 18.2 Å². The van der Waals surface area contributed by atoms with Gasteiger partial charge in [-0.15, -0.1) is 11.3 Å². The normalized spacial score (nSPS) is 18.1. The quantitative estimate of drug-likeness (QED) is 0.863. The van der Waals surface area contributed by atoms with Gasteiger partial charge in [-0.25, -0.2) is 4.98 Å². The lowest BCUT2D eigenvalue weighted by Gasteiger charge is -2.20. The second-order valence-corrected chi connectivity index (χ2v) is 5.82. The van der Waals surface area contributed by atoms with Crippen LogP contribution in [-0.4, -0.2) is 18.1 Å². The molecule has 1 saturated heterocycles. The van der Waals surface area contributed by atoms with Crippen LogP contribution < -0.4 is 5.32 Å². The molecule has 1 aliphatic heterocycles. The van der Waals surface area contributed by atoms with E-state index < -0.39 is 11.7 Å². The lowest BCUT2D eigenvalue weighted by Crippen LogP contribution is -2.26. The number of hydrogen-bond donors (Lipinski definition) is 1. The number of halogens is 3. The molecule has 0 spiro atoms. The van der Waals surface area contributed by atoms with Crippen LogP contribution in [0.25, 0.3) is 10.2 Å². The van der Waals surface area contributed by atoms with Crippen molar-refractivity contribution in [3.05, 3.63) is 28.8 Å². The Hall–Kier alpha value is -1.14. The van der Waals surface area contributed by atoms with E-state index in [0.717, 1.165) is 37.0 Å². The standard InChI is InChI=1S/C13H13F3N2S/c14-13(15,16)9-1-2-10-11(7-9)19-12(18-10)8-3-5-17-6-4-8/h1-2,7-8,17H,3-6H2. The third kappa shape index (κ3) is 2.60. The Kier molecular flexibility index (Phi) is 3.22. The third-order valence-electron chi connectivity index (χ3n) is 3.42. The lowest BCUT2D eigenvalue weighted by molar-refractivity contribution is -0.137. The number of aromatic nitrogens is 1. The van der Waals surface area contributed by atoms with Crippen LogP contribution in [0.4, 0.5) is 13.2 Å². The zero-order valence-electron chi connectivity index (χ0n) is 10.1. The Balaban J connectivity index is 1.96. The van der Waals surface area contributed by atoms with Gasteiger partial charge in [-0.05, 0) is 44.1 Å². The molecule has 0 aliphatic carbocycles. The van der Waals surface area contributed by atoms with Crippen molar-refractivity contribution >= 4 is 21.6 Å². The minimum Gasteiger partial charge on any atom is -0.317 e. The highest BCUT2D eigenvalue weighted by Crippen LogP contribution is 2.36. The highest BCUT2D eigenvalue weighted by molar-refractivity contribution is 7.18. The van der Waals surface area contributed by atoms with Crippen LogP contribution in [0.3, 0.4) is 0 Å². The largest absolute Gasteiger partial charge is 0.416 e. The molecule has 1 N–H and O–H groups in total. The highest BCUT2D eigenvalue weighted by atomic mass is 32.1. The topological polar surface area (TPSA) is 24.9 Å². The Labute approximate surface area is 112 Å². The minimum absolute atomic E-state index is 0.382. The molecule has 6 heteroatoms. The average Bonchev–Trinajstić information content (AvgIpc) is 2.81. The van der Waals surface area contributed by atoms with E-state index in [1.807, 2.05) is 0 Å². The van der Waals surface area contributed by atoms with E-state index in [2.05, 4.69) is 10.3 Å². The molecule has 2 aromatic rings. The van der Waals surface area contributed by atoms with Gasteiger partial charge in [0.2, 0.25) is 0 Å². The fourth-order valence-electron chi connectivity index (χ4n) is 2.36. The molecule has 1 fully saturated rings. The van der Waals surface area contributed by atoms with Gasteiger partial charge in [0.25, 0.3) is 0 Å². The van der Waals surface area contributed by atoms with Crippen LogP contribution in [0.1, 0.15) is 29.3 Å². The van der Waals surface area contributed by atoms with Crippen molar-refractivity contribution < 1.29 is 13.2 Å². The predicted octanol–water partition coefficient (Wildman–Crippen LogP) is 3.78. The van der Waals surface area contributed by atoms with Crippen LogP contribution in [0, 0.1) is 0 Å². The molecule has 0 bridgehead atoms. The number of nitrogens with one attached hydrogen (secondary N) is 1. The monoisotopic (exact) mass is 286 g/mol. The third-order valence-corrected chi connectivity index (χ3v) is 4.60. The zero-order chi connectivity index (χ0) is 13.5. The molecule has 19 heavy (non-hydrogen) atoms. The number of hydrogen-bond acceptors (Lipinski definition) is 3. The van der Waals surface area contributed by atoms with Gasteiger partial charge >= 0.3 is 6.18 Å². The van der Waals surface area contributed by atoms with Crippen molar-refractivity contribution in [2.45, 2.75) is 24.9 Å². The fraction of sp³-hybridized carbons (Fsp3) is 0.462. The first-order valence-corrected chi connectivity index (χ1v) is 7.04. The SMILES string of the molecule is FC(F)(F)c1ccc2nc(C3CCNCC3)sc2c1. The fourth-order valence-corrected chi connectivity index (χ4v) is 3.54. The molecule has 0 amide bonds. The number of nitrogens with zero attached hydrogens (tertiary/aromatic N) is 1. The summed E-state index contributed by atoms with van der Waals surface area (Å²) in [7, 11) is 0. The summed E-state index contributed by atoms with van der Waals surface area (Å²) in [5, 5.41) is 4.24. The van der Waals surface area contributed by atoms with Crippen molar-refractivity contribution in [1.29, 1.82) is 0 Å². The van der Waals surface area contributed by atoms with Gasteiger partial charge in [0.05, 0.1) is 20.8 Å². The van der Waals surface area contributed by atoms with E-state index in [4.69, 9.17) is 0 Å². The molecule has 0 saturated carbocycles. The molecule has 1 aromatic carbocycles. The van der Waals surface area contributed by atoms with Gasteiger partial charge in [-0.2, -0.15) is 13.2 Å². The van der Waals surface area contributed by atoms with E-state index in [1.54, 1.807) is 0 Å². The molecule has 2 nitrogen and oxygen atoms in total. The second-order valence-electron chi connectivity index (χ2n) is 4.76. The van der Waals surface area contributed by atoms with Crippen molar-refractivity contribution in [3.63, 3.8) is 0 Å². The maximum absolute atomic E-state index is 12.7. The molecule has 102 valence electrons. The first kappa shape index (κ1) is 12.9. The maximum Gasteiger partial charge on any atom is 0.416 e. The predicted molar refractivity (Wildman–Crippen MR) is 69.5 cm³/mol. The van der Waals surface area contributed by atoms with Gasteiger partial charge in [0.15, 0.2) is 0 Å². The molecular weight excluding hydrogens is 273 g/mol. The Morgan fingerprint density at radius 1 is 1.21 bits per heavy atom. The number of benzene rings is 1.